The minimum atomic E-state index is -0.528. The van der Waals surface area contributed by atoms with E-state index in [1.807, 2.05) is 31.2 Å². The first-order valence-electron chi connectivity index (χ1n) is 9.25. The molecule has 0 saturated heterocycles. The Morgan fingerprint density at radius 3 is 2.67 bits per heavy atom. The van der Waals surface area contributed by atoms with E-state index >= 15 is 0 Å². The standard InChI is InChI=1S/C22H21BrN2O5/c1-4-28-19-11-14(8-9-18(19)29-13-20(26)25(2)3)10-17-22(27)30-21(24-17)15-6-5-7-16(23)12-15/h5-12H,4,13H2,1-3H3/b17-10+. The molecule has 30 heavy (non-hydrogen) atoms. The first kappa shape index (κ1) is 21.6. The maximum atomic E-state index is 12.3. The van der Waals surface area contributed by atoms with Gasteiger partial charge >= 0.3 is 5.97 Å². The van der Waals surface area contributed by atoms with Gasteiger partial charge < -0.3 is 19.1 Å². The molecule has 0 saturated carbocycles. The number of likely N-dealkylation sites (N-methyl/N-ethyl adjacent to an activating group) is 1. The fourth-order valence-corrected chi connectivity index (χ4v) is 2.98. The molecule has 156 valence electrons. The van der Waals surface area contributed by atoms with Gasteiger partial charge in [0.1, 0.15) is 0 Å². The Labute approximate surface area is 183 Å². The predicted octanol–water partition coefficient (Wildman–Crippen LogP) is 3.66. The molecule has 8 heteroatoms. The van der Waals surface area contributed by atoms with Crippen LogP contribution >= 0.6 is 15.9 Å². The van der Waals surface area contributed by atoms with Crippen LogP contribution in [0, 0.1) is 0 Å². The van der Waals surface area contributed by atoms with Crippen molar-refractivity contribution in [1.82, 2.24) is 4.90 Å². The molecule has 0 radical (unpaired) electrons. The van der Waals surface area contributed by atoms with Gasteiger partial charge in [-0.1, -0.05) is 28.1 Å². The number of carbonyl (C=O) groups excluding carboxylic acids is 2. The van der Waals surface area contributed by atoms with Crippen molar-refractivity contribution in [3.05, 3.63) is 63.8 Å². The largest absolute Gasteiger partial charge is 0.490 e. The van der Waals surface area contributed by atoms with Crippen molar-refractivity contribution in [1.29, 1.82) is 0 Å². The van der Waals surface area contributed by atoms with Crippen molar-refractivity contribution in [2.45, 2.75) is 6.92 Å². The van der Waals surface area contributed by atoms with Crippen molar-refractivity contribution in [2.75, 3.05) is 27.3 Å². The van der Waals surface area contributed by atoms with Crippen LogP contribution in [0.4, 0.5) is 0 Å². The van der Waals surface area contributed by atoms with E-state index in [-0.39, 0.29) is 24.1 Å². The average molecular weight is 473 g/mol. The molecule has 1 aliphatic rings. The molecular weight excluding hydrogens is 452 g/mol. The van der Waals surface area contributed by atoms with E-state index in [0.717, 1.165) is 4.47 Å². The van der Waals surface area contributed by atoms with Crippen LogP contribution in [-0.4, -0.2) is 50.0 Å². The first-order valence-corrected chi connectivity index (χ1v) is 10.0. The zero-order chi connectivity index (χ0) is 21.7. The summed E-state index contributed by atoms with van der Waals surface area (Å²) in [4.78, 5) is 29.8. The maximum Gasteiger partial charge on any atom is 0.363 e. The third-order valence-corrected chi connectivity index (χ3v) is 4.61. The van der Waals surface area contributed by atoms with Gasteiger partial charge in [-0.05, 0) is 48.9 Å². The number of cyclic esters (lactones) is 1. The SMILES string of the molecule is CCOc1cc(/C=C2/N=C(c3cccc(Br)c3)OC2=O)ccc1OCC(=O)N(C)C. The Kier molecular flexibility index (Phi) is 6.89. The van der Waals surface area contributed by atoms with Crippen LogP contribution in [0.2, 0.25) is 0 Å². The molecule has 1 amide bonds. The van der Waals surface area contributed by atoms with Crippen molar-refractivity contribution < 1.29 is 23.8 Å². The Balaban J connectivity index is 1.84. The van der Waals surface area contributed by atoms with E-state index in [1.165, 1.54) is 4.90 Å². The Hall–Kier alpha value is -3.13. The zero-order valence-corrected chi connectivity index (χ0v) is 18.4. The van der Waals surface area contributed by atoms with Crippen LogP contribution in [0.1, 0.15) is 18.1 Å². The lowest BCUT2D eigenvalue weighted by atomic mass is 10.1. The predicted molar refractivity (Wildman–Crippen MR) is 117 cm³/mol. The van der Waals surface area contributed by atoms with Crippen molar-refractivity contribution in [2.24, 2.45) is 4.99 Å². The van der Waals surface area contributed by atoms with E-state index in [2.05, 4.69) is 20.9 Å². The van der Waals surface area contributed by atoms with Gasteiger partial charge in [-0.25, -0.2) is 9.79 Å². The molecule has 0 N–H and O–H groups in total. The van der Waals surface area contributed by atoms with Gasteiger partial charge in [0.05, 0.1) is 6.61 Å². The molecule has 0 aliphatic carbocycles. The first-order chi connectivity index (χ1) is 14.4. The summed E-state index contributed by atoms with van der Waals surface area (Å²) in [7, 11) is 3.32. The summed E-state index contributed by atoms with van der Waals surface area (Å²) < 4.78 is 17.4. The van der Waals surface area contributed by atoms with Gasteiger partial charge in [0, 0.05) is 24.1 Å². The number of hydrogen-bond acceptors (Lipinski definition) is 6. The summed E-state index contributed by atoms with van der Waals surface area (Å²) in [5.74, 6) is 0.480. The van der Waals surface area contributed by atoms with E-state index in [0.29, 0.717) is 29.2 Å². The Morgan fingerprint density at radius 2 is 1.97 bits per heavy atom. The molecule has 0 bridgehead atoms. The molecule has 2 aromatic carbocycles. The Bertz CT molecular complexity index is 1030. The summed E-state index contributed by atoms with van der Waals surface area (Å²) in [6.07, 6.45) is 1.62. The van der Waals surface area contributed by atoms with Crippen LogP contribution in [0.5, 0.6) is 11.5 Å². The highest BCUT2D eigenvalue weighted by Gasteiger charge is 2.24. The summed E-state index contributed by atoms with van der Waals surface area (Å²) >= 11 is 3.39. The Morgan fingerprint density at radius 1 is 1.17 bits per heavy atom. The van der Waals surface area contributed by atoms with E-state index < -0.39 is 5.97 Å². The minimum absolute atomic E-state index is 0.0971. The molecular formula is C22H21BrN2O5. The smallest absolute Gasteiger partial charge is 0.363 e. The van der Waals surface area contributed by atoms with E-state index in [9.17, 15) is 9.59 Å². The number of amides is 1. The van der Waals surface area contributed by atoms with Crippen molar-refractivity contribution in [3.8, 4) is 11.5 Å². The lowest BCUT2D eigenvalue weighted by Gasteiger charge is -2.14. The monoisotopic (exact) mass is 472 g/mol. The summed E-state index contributed by atoms with van der Waals surface area (Å²) in [6.45, 7) is 2.17. The molecule has 0 atom stereocenters. The van der Waals surface area contributed by atoms with E-state index in [1.54, 1.807) is 38.4 Å². The number of rotatable bonds is 7. The highest BCUT2D eigenvalue weighted by molar-refractivity contribution is 9.10. The third-order valence-electron chi connectivity index (χ3n) is 4.11. The third kappa shape index (κ3) is 5.27. The number of hydrogen-bond donors (Lipinski definition) is 0. The molecule has 1 heterocycles. The van der Waals surface area contributed by atoms with Gasteiger partial charge in [-0.15, -0.1) is 0 Å². The average Bonchev–Trinajstić information content (AvgIpc) is 3.07. The summed E-state index contributed by atoms with van der Waals surface area (Å²) in [6, 6.07) is 12.5. The quantitative estimate of drug-likeness (QED) is 0.453. The topological polar surface area (TPSA) is 77.4 Å². The maximum absolute atomic E-state index is 12.3. The fraction of sp³-hybridized carbons (Fsp3) is 0.227. The molecule has 3 rings (SSSR count). The number of nitrogens with zero attached hydrogens (tertiary/aromatic N) is 2. The van der Waals surface area contributed by atoms with Gasteiger partial charge in [0.2, 0.25) is 5.90 Å². The van der Waals surface area contributed by atoms with Crippen molar-refractivity contribution >= 4 is 39.8 Å². The second-order valence-corrected chi connectivity index (χ2v) is 7.48. The van der Waals surface area contributed by atoms with Gasteiger partial charge in [-0.3, -0.25) is 4.79 Å². The van der Waals surface area contributed by atoms with Crippen LogP contribution in [-0.2, 0) is 14.3 Å². The normalized spacial score (nSPS) is 14.3. The summed E-state index contributed by atoms with van der Waals surface area (Å²) in [5.41, 5.74) is 1.57. The second kappa shape index (κ2) is 9.58. The highest BCUT2D eigenvalue weighted by Crippen LogP contribution is 2.30. The number of ether oxygens (including phenoxy) is 3. The highest BCUT2D eigenvalue weighted by atomic mass is 79.9. The summed E-state index contributed by atoms with van der Waals surface area (Å²) in [5, 5.41) is 0. The number of aliphatic imine (C=N–C) groups is 1. The minimum Gasteiger partial charge on any atom is -0.490 e. The lowest BCUT2D eigenvalue weighted by Crippen LogP contribution is -2.27. The van der Waals surface area contributed by atoms with Gasteiger partial charge in [0.25, 0.3) is 5.91 Å². The van der Waals surface area contributed by atoms with E-state index in [4.69, 9.17) is 14.2 Å². The molecule has 7 nitrogen and oxygen atoms in total. The lowest BCUT2D eigenvalue weighted by molar-refractivity contribution is -0.131. The number of halogens is 1. The van der Waals surface area contributed by atoms with Crippen LogP contribution in [0.25, 0.3) is 6.08 Å². The van der Waals surface area contributed by atoms with Crippen LogP contribution < -0.4 is 9.47 Å². The molecule has 0 unspecified atom stereocenters. The van der Waals surface area contributed by atoms with Gasteiger partial charge in [-0.2, -0.15) is 0 Å². The zero-order valence-electron chi connectivity index (χ0n) is 16.8. The molecule has 0 aromatic heterocycles. The number of carbonyl (C=O) groups is 2. The second-order valence-electron chi connectivity index (χ2n) is 6.56. The fourth-order valence-electron chi connectivity index (χ4n) is 2.58. The number of esters is 1. The molecule has 2 aromatic rings. The van der Waals surface area contributed by atoms with Crippen LogP contribution in [0.15, 0.2) is 57.6 Å². The molecule has 0 spiro atoms. The molecule has 0 fully saturated rings. The van der Waals surface area contributed by atoms with Gasteiger partial charge in [0.15, 0.2) is 23.8 Å². The van der Waals surface area contributed by atoms with Crippen LogP contribution in [0.3, 0.4) is 0 Å². The van der Waals surface area contributed by atoms with Crippen molar-refractivity contribution in [3.63, 3.8) is 0 Å². The number of benzene rings is 2. The molecule has 1 aliphatic heterocycles.